The molecule has 2 rings (SSSR count). The van der Waals surface area contributed by atoms with Gasteiger partial charge in [-0.25, -0.2) is 4.98 Å². The van der Waals surface area contributed by atoms with Gasteiger partial charge in [0.2, 0.25) is 0 Å². The molecular formula is C13H20N4. The van der Waals surface area contributed by atoms with Gasteiger partial charge in [-0.05, 0) is 12.3 Å². The molecule has 1 aromatic rings. The van der Waals surface area contributed by atoms with E-state index in [1.54, 1.807) is 0 Å². The smallest absolute Gasteiger partial charge is 0.185 e. The molecule has 0 radical (unpaired) electrons. The van der Waals surface area contributed by atoms with E-state index in [9.17, 15) is 0 Å². The van der Waals surface area contributed by atoms with Crippen LogP contribution in [0.25, 0.3) is 0 Å². The molecule has 1 saturated heterocycles. The van der Waals surface area contributed by atoms with Crippen LogP contribution in [0.3, 0.4) is 0 Å². The van der Waals surface area contributed by atoms with Crippen LogP contribution >= 0.6 is 0 Å². The third kappa shape index (κ3) is 3.58. The van der Waals surface area contributed by atoms with E-state index in [0.717, 1.165) is 51.5 Å². The van der Waals surface area contributed by atoms with Crippen LogP contribution in [-0.4, -0.2) is 47.2 Å². The minimum Gasteiger partial charge on any atom is -0.324 e. The van der Waals surface area contributed by atoms with Crippen LogP contribution in [-0.2, 0) is 6.54 Å². The average molecular weight is 232 g/mol. The first kappa shape index (κ1) is 12.2. The predicted octanol–water partition coefficient (Wildman–Crippen LogP) is 0.550. The lowest BCUT2D eigenvalue weighted by atomic mass is 10.3. The molecule has 0 aliphatic carbocycles. The number of aromatic nitrogens is 2. The summed E-state index contributed by atoms with van der Waals surface area (Å²) in [5.41, 5.74) is 0. The van der Waals surface area contributed by atoms with Gasteiger partial charge >= 0.3 is 0 Å². The van der Waals surface area contributed by atoms with E-state index in [0.29, 0.717) is 0 Å². The lowest BCUT2D eigenvalue weighted by Crippen LogP contribution is -2.43. The summed E-state index contributed by atoms with van der Waals surface area (Å²) in [4.78, 5) is 6.65. The molecule has 4 nitrogen and oxygen atoms in total. The highest BCUT2D eigenvalue weighted by Crippen LogP contribution is 1.97. The Labute approximate surface area is 103 Å². The number of hydrogen-bond acceptors (Lipinski definition) is 3. The van der Waals surface area contributed by atoms with Crippen LogP contribution < -0.4 is 5.32 Å². The van der Waals surface area contributed by atoms with Crippen molar-refractivity contribution in [1.82, 2.24) is 19.8 Å². The molecule has 1 aromatic heterocycles. The molecule has 0 atom stereocenters. The molecule has 0 aromatic carbocycles. The first-order valence-corrected chi connectivity index (χ1v) is 6.33. The maximum Gasteiger partial charge on any atom is 0.185 e. The van der Waals surface area contributed by atoms with E-state index in [1.165, 1.54) is 0 Å². The van der Waals surface area contributed by atoms with Gasteiger partial charge in [0.15, 0.2) is 5.82 Å². The fraction of sp³-hybridized carbons (Fsp3) is 0.615. The average Bonchev–Trinajstić information content (AvgIpc) is 2.79. The van der Waals surface area contributed by atoms with Gasteiger partial charge in [0.25, 0.3) is 0 Å². The quantitative estimate of drug-likeness (QED) is 0.773. The highest BCUT2D eigenvalue weighted by atomic mass is 15.2. The van der Waals surface area contributed by atoms with Crippen molar-refractivity contribution in [2.45, 2.75) is 19.9 Å². The summed E-state index contributed by atoms with van der Waals surface area (Å²) in [6.45, 7) is 8.35. The lowest BCUT2D eigenvalue weighted by Gasteiger charge is -2.24. The summed E-state index contributed by atoms with van der Waals surface area (Å²) >= 11 is 0. The SMILES string of the molecule is CCCn1ccnc1C#CCN1CCNCC1. The lowest BCUT2D eigenvalue weighted by molar-refractivity contribution is 0.268. The van der Waals surface area contributed by atoms with Crippen LogP contribution in [0, 0.1) is 11.8 Å². The molecule has 0 unspecified atom stereocenters. The molecule has 0 amide bonds. The van der Waals surface area contributed by atoms with Crippen molar-refractivity contribution < 1.29 is 0 Å². The van der Waals surface area contributed by atoms with Crippen LogP contribution in [0.2, 0.25) is 0 Å². The van der Waals surface area contributed by atoms with Gasteiger partial charge in [0, 0.05) is 45.1 Å². The maximum atomic E-state index is 4.28. The Kier molecular flexibility index (Phi) is 4.60. The zero-order valence-electron chi connectivity index (χ0n) is 10.4. The van der Waals surface area contributed by atoms with Crippen molar-refractivity contribution in [2.24, 2.45) is 0 Å². The van der Waals surface area contributed by atoms with Crippen LogP contribution in [0.1, 0.15) is 19.2 Å². The Morgan fingerprint density at radius 2 is 2.24 bits per heavy atom. The summed E-state index contributed by atoms with van der Waals surface area (Å²) < 4.78 is 2.12. The summed E-state index contributed by atoms with van der Waals surface area (Å²) in [5.74, 6) is 7.28. The van der Waals surface area contributed by atoms with E-state index in [4.69, 9.17) is 0 Å². The zero-order chi connectivity index (χ0) is 11.9. The van der Waals surface area contributed by atoms with Crippen molar-refractivity contribution in [1.29, 1.82) is 0 Å². The van der Waals surface area contributed by atoms with Crippen molar-refractivity contribution in [3.8, 4) is 11.8 Å². The van der Waals surface area contributed by atoms with Crippen molar-refractivity contribution in [3.05, 3.63) is 18.2 Å². The standard InChI is InChI=1S/C13H20N4/c1-2-8-17-12-7-15-13(17)4-3-9-16-10-5-14-6-11-16/h7,12,14H,2,5-6,8-11H2,1H3. The molecule has 92 valence electrons. The van der Waals surface area contributed by atoms with E-state index < -0.39 is 0 Å². The monoisotopic (exact) mass is 232 g/mol. The molecule has 4 heteroatoms. The first-order valence-electron chi connectivity index (χ1n) is 6.33. The third-order valence-electron chi connectivity index (χ3n) is 2.89. The number of nitrogens with one attached hydrogen (secondary N) is 1. The van der Waals surface area contributed by atoms with Gasteiger partial charge in [-0.2, -0.15) is 0 Å². The largest absolute Gasteiger partial charge is 0.324 e. The number of rotatable bonds is 3. The Bertz CT molecular complexity index is 393. The van der Waals surface area contributed by atoms with Gasteiger partial charge in [-0.15, -0.1) is 0 Å². The molecule has 0 spiro atoms. The van der Waals surface area contributed by atoms with Crippen molar-refractivity contribution in [3.63, 3.8) is 0 Å². The number of hydrogen-bond donors (Lipinski definition) is 1. The van der Waals surface area contributed by atoms with Gasteiger partial charge in [-0.1, -0.05) is 12.8 Å². The van der Waals surface area contributed by atoms with Crippen molar-refractivity contribution >= 4 is 0 Å². The Morgan fingerprint density at radius 1 is 1.41 bits per heavy atom. The maximum absolute atomic E-state index is 4.28. The number of aryl methyl sites for hydroxylation is 1. The Balaban J connectivity index is 1.88. The highest BCUT2D eigenvalue weighted by molar-refractivity contribution is 5.22. The molecule has 0 saturated carbocycles. The topological polar surface area (TPSA) is 33.1 Å². The summed E-state index contributed by atoms with van der Waals surface area (Å²) in [6.07, 6.45) is 4.94. The molecule has 2 heterocycles. The van der Waals surface area contributed by atoms with E-state index in [1.807, 2.05) is 12.4 Å². The summed E-state index contributed by atoms with van der Waals surface area (Å²) in [7, 11) is 0. The summed E-state index contributed by atoms with van der Waals surface area (Å²) in [6, 6.07) is 0. The number of nitrogens with zero attached hydrogens (tertiary/aromatic N) is 3. The highest BCUT2D eigenvalue weighted by Gasteiger charge is 2.06. The Morgan fingerprint density at radius 3 is 3.00 bits per heavy atom. The van der Waals surface area contributed by atoms with E-state index in [2.05, 4.69) is 38.5 Å². The molecular weight excluding hydrogens is 212 g/mol. The molecule has 1 fully saturated rings. The van der Waals surface area contributed by atoms with Crippen LogP contribution in [0.5, 0.6) is 0 Å². The molecule has 1 aliphatic rings. The van der Waals surface area contributed by atoms with Crippen molar-refractivity contribution in [2.75, 3.05) is 32.7 Å². The fourth-order valence-electron chi connectivity index (χ4n) is 1.95. The normalized spacial score (nSPS) is 16.5. The second kappa shape index (κ2) is 6.43. The second-order valence-electron chi connectivity index (χ2n) is 4.27. The van der Waals surface area contributed by atoms with E-state index >= 15 is 0 Å². The van der Waals surface area contributed by atoms with Crippen LogP contribution in [0.4, 0.5) is 0 Å². The molecule has 0 bridgehead atoms. The molecule has 1 aliphatic heterocycles. The fourth-order valence-corrected chi connectivity index (χ4v) is 1.95. The number of imidazole rings is 1. The second-order valence-corrected chi connectivity index (χ2v) is 4.27. The molecule has 1 N–H and O–H groups in total. The van der Waals surface area contributed by atoms with Crippen LogP contribution in [0.15, 0.2) is 12.4 Å². The van der Waals surface area contributed by atoms with E-state index in [-0.39, 0.29) is 0 Å². The summed E-state index contributed by atoms with van der Waals surface area (Å²) in [5, 5.41) is 3.34. The Hall–Kier alpha value is -1.31. The number of piperazine rings is 1. The minimum atomic E-state index is 0.848. The predicted molar refractivity (Wildman–Crippen MR) is 68.7 cm³/mol. The van der Waals surface area contributed by atoms with Gasteiger partial charge in [0.05, 0.1) is 6.54 Å². The zero-order valence-corrected chi connectivity index (χ0v) is 10.4. The first-order chi connectivity index (χ1) is 8.40. The minimum absolute atomic E-state index is 0.848. The van der Waals surface area contributed by atoms with Gasteiger partial charge < -0.3 is 9.88 Å². The molecule has 17 heavy (non-hydrogen) atoms. The van der Waals surface area contributed by atoms with Gasteiger partial charge in [-0.3, -0.25) is 4.90 Å². The third-order valence-corrected chi connectivity index (χ3v) is 2.89. The van der Waals surface area contributed by atoms with Gasteiger partial charge in [0.1, 0.15) is 0 Å².